The number of rotatable bonds is 13. The molecule has 0 bridgehead atoms. The average molecular weight is 999 g/mol. The third kappa shape index (κ3) is 14.5. The normalized spacial score (nSPS) is 11.7. The van der Waals surface area contributed by atoms with Gasteiger partial charge in [0, 0.05) is 23.6 Å². The second-order valence-electron chi connectivity index (χ2n) is 12.2. The van der Waals surface area contributed by atoms with Crippen LogP contribution in [-0.2, 0) is 40.5 Å². The van der Waals surface area contributed by atoms with Crippen LogP contribution in [0.25, 0.3) is 16.5 Å². The number of carboxylic acid groups (broad SMARTS) is 1. The minimum atomic E-state index is -5.62. The number of nitro benzene ring substituents is 1. The summed E-state index contributed by atoms with van der Waals surface area (Å²) in [6.07, 6.45) is 0. The van der Waals surface area contributed by atoms with Crippen molar-refractivity contribution in [3.63, 3.8) is 0 Å². The molecule has 0 radical (unpaired) electrons. The molecule has 0 atom stereocenters. The topological polar surface area (TPSA) is 465 Å². The fraction of sp³-hybridized carbons (Fsp3) is 0. The summed E-state index contributed by atoms with van der Waals surface area (Å²) < 4.78 is 143. The maximum absolute atomic E-state index is 12.3. The minimum absolute atomic E-state index is 0. The van der Waals surface area contributed by atoms with Crippen LogP contribution in [0.3, 0.4) is 0 Å². The molecule has 38 heteroatoms. The molecular weight excluding hydrogens is 984 g/mol. The number of carboxylic acids is 1. The van der Waals surface area contributed by atoms with Crippen molar-refractivity contribution in [2.45, 2.75) is 19.6 Å². The van der Waals surface area contributed by atoms with E-state index in [1.165, 1.54) is 0 Å². The monoisotopic (exact) mass is 999 g/mol. The molecule has 5 aromatic carbocycles. The summed E-state index contributed by atoms with van der Waals surface area (Å²) in [7, 11) is -21.5. The molecule has 332 valence electrons. The smallest absolute Gasteiger partial charge is 0.744 e. The number of aromatic hydroxyl groups is 3. The van der Waals surface area contributed by atoms with Gasteiger partial charge in [0.15, 0.2) is 5.69 Å². The Labute approximate surface area is 465 Å². The number of benzene rings is 5. The fourth-order valence-corrected chi connectivity index (χ4v) is 7.71. The van der Waals surface area contributed by atoms with Crippen molar-refractivity contribution in [2.24, 2.45) is 30.7 Å². The minimum Gasteiger partial charge on any atom is -0.744 e. The number of carbonyl (C=O) groups excluding carboxylic acids is 1. The number of nitrogens with zero attached hydrogens (tertiary/aromatic N) is 9. The molecule has 1 aromatic heterocycles. The van der Waals surface area contributed by atoms with Gasteiger partial charge in [-0.3, -0.25) is 10.1 Å². The van der Waals surface area contributed by atoms with E-state index in [-0.39, 0.29) is 119 Å². The van der Waals surface area contributed by atoms with E-state index in [4.69, 9.17) is 0 Å². The quantitative estimate of drug-likeness (QED) is 0.0241. The first-order valence-electron chi connectivity index (χ1n) is 16.2. The van der Waals surface area contributed by atoms with Gasteiger partial charge < -0.3 is 43.4 Å². The van der Waals surface area contributed by atoms with Crippen molar-refractivity contribution in [2.75, 3.05) is 0 Å². The Morgan fingerprint density at radius 1 is 0.614 bits per heavy atom. The SMILES string of the molecule is O=C([O-])c1nn(-c2ccc(S(=O)(=O)[O-])cc2)c(O)c1N=Nc1ccc(N=Nc2c(S(=O)(=O)[O-])cc3c[c-]c(N=Nc4ccc([N+](=O)[O-])cc4S(=O)(=O)[O-])c(O)c3c2O)c(S(=O)(=O)[O-])c1.[Li+].[Li+].[Li+].[Li+].[Li+].[Li+]. The van der Waals surface area contributed by atoms with Crippen LogP contribution in [-0.4, -0.2) is 87.9 Å². The summed E-state index contributed by atoms with van der Waals surface area (Å²) in [4.78, 5) is 17.4. The van der Waals surface area contributed by atoms with Gasteiger partial charge >= 0.3 is 113 Å². The molecule has 0 spiro atoms. The third-order valence-electron chi connectivity index (χ3n) is 8.18. The molecule has 1 heterocycles. The van der Waals surface area contributed by atoms with Gasteiger partial charge in [-0.25, -0.2) is 33.7 Å². The predicted molar refractivity (Wildman–Crippen MR) is 200 cm³/mol. The summed E-state index contributed by atoms with van der Waals surface area (Å²) in [5.41, 5.74) is -7.21. The summed E-state index contributed by atoms with van der Waals surface area (Å²) in [5, 5.41) is 79.2. The Morgan fingerprint density at radius 2 is 1.13 bits per heavy atom. The summed E-state index contributed by atoms with van der Waals surface area (Å²) in [6, 6.07) is 11.2. The van der Waals surface area contributed by atoms with Crippen molar-refractivity contribution in [3.05, 3.63) is 94.7 Å². The Balaban J connectivity index is 0.00000793. The van der Waals surface area contributed by atoms with Gasteiger partial charge in [0.2, 0.25) is 5.88 Å². The van der Waals surface area contributed by atoms with Gasteiger partial charge in [0.05, 0.1) is 41.8 Å². The van der Waals surface area contributed by atoms with E-state index >= 15 is 0 Å². The number of hydrogen-bond donors (Lipinski definition) is 3. The van der Waals surface area contributed by atoms with E-state index in [0.29, 0.717) is 28.9 Å². The molecule has 0 unspecified atom stereocenters. The molecule has 28 nitrogen and oxygen atoms in total. The molecular formula is C32H15Li6N9O19S4. The van der Waals surface area contributed by atoms with Gasteiger partial charge in [-0.15, -0.1) is 20.7 Å². The maximum Gasteiger partial charge on any atom is 1.00 e. The van der Waals surface area contributed by atoms with Crippen LogP contribution in [0.4, 0.5) is 39.8 Å². The second kappa shape index (κ2) is 25.0. The molecule has 0 saturated heterocycles. The number of hydrogen-bond acceptors (Lipinski definition) is 26. The van der Waals surface area contributed by atoms with Gasteiger partial charge in [0.1, 0.15) is 69.0 Å². The van der Waals surface area contributed by atoms with Crippen molar-refractivity contribution in [1.29, 1.82) is 0 Å². The van der Waals surface area contributed by atoms with Gasteiger partial charge in [-0.1, -0.05) is 6.07 Å². The average Bonchev–Trinajstić information content (AvgIpc) is 3.53. The zero-order valence-corrected chi connectivity index (χ0v) is 39.7. The summed E-state index contributed by atoms with van der Waals surface area (Å²) in [5.74, 6) is -5.53. The maximum atomic E-state index is 12.3. The number of phenolic OH excluding ortho intramolecular Hbond substituents is 2. The van der Waals surface area contributed by atoms with E-state index < -0.39 is 145 Å². The van der Waals surface area contributed by atoms with E-state index in [9.17, 15) is 87.2 Å². The number of aromatic nitrogens is 2. The first-order chi connectivity index (χ1) is 29.7. The Kier molecular flexibility index (Phi) is 23.5. The Bertz CT molecular complexity index is 3570. The molecule has 6 aromatic rings. The second-order valence-corrected chi connectivity index (χ2v) is 17.6. The van der Waals surface area contributed by atoms with Crippen LogP contribution in [0.1, 0.15) is 10.5 Å². The van der Waals surface area contributed by atoms with Crippen LogP contribution in [0, 0.1) is 16.2 Å². The van der Waals surface area contributed by atoms with Crippen LogP contribution >= 0.6 is 0 Å². The van der Waals surface area contributed by atoms with E-state index in [2.05, 4.69) is 41.9 Å². The van der Waals surface area contributed by atoms with Crippen LogP contribution in [0.15, 0.2) is 123 Å². The largest absolute Gasteiger partial charge is 1.00 e. The molecule has 0 aliphatic carbocycles. The molecule has 70 heavy (non-hydrogen) atoms. The molecule has 3 N–H and O–H groups in total. The molecule has 0 saturated carbocycles. The molecule has 0 aliphatic heterocycles. The zero-order valence-electron chi connectivity index (χ0n) is 36.5. The van der Waals surface area contributed by atoms with E-state index in [0.717, 1.165) is 48.5 Å². The van der Waals surface area contributed by atoms with Crippen molar-refractivity contribution in [1.82, 2.24) is 9.78 Å². The van der Waals surface area contributed by atoms with Crippen molar-refractivity contribution >= 4 is 97.0 Å². The predicted octanol–water partition coefficient (Wildman–Crippen LogP) is -14.9. The number of azo groups is 3. The molecule has 0 aliphatic rings. The number of nitro groups is 1. The summed E-state index contributed by atoms with van der Waals surface area (Å²) in [6.45, 7) is 0. The fourth-order valence-electron chi connectivity index (χ4n) is 5.34. The molecule has 6 rings (SSSR count). The molecule has 0 fully saturated rings. The first kappa shape index (κ1) is 65.9. The Hall–Kier alpha value is -4.14. The zero-order chi connectivity index (χ0) is 47.3. The summed E-state index contributed by atoms with van der Waals surface area (Å²) >= 11 is 0. The Morgan fingerprint density at radius 3 is 1.64 bits per heavy atom. The van der Waals surface area contributed by atoms with E-state index in [1.807, 2.05) is 0 Å². The number of phenols is 2. The number of fused-ring (bicyclic) bond motifs is 1. The number of carbonyl (C=O) groups is 1. The van der Waals surface area contributed by atoms with Crippen LogP contribution in [0.2, 0.25) is 0 Å². The van der Waals surface area contributed by atoms with Crippen LogP contribution in [0.5, 0.6) is 17.4 Å². The number of non-ortho nitro benzene ring substituents is 1. The number of aromatic carboxylic acids is 1. The van der Waals surface area contributed by atoms with Crippen molar-refractivity contribution in [3.8, 4) is 23.1 Å². The van der Waals surface area contributed by atoms with Crippen LogP contribution < -0.4 is 118 Å². The standard InChI is InChI=1S/C32H20N9O19S4.6Li/c42-29-21(36-34-20-10-5-17(41(47)48)13-23(20)63(55,56)57)8-1-14-11-24(64(58,59)60)26(30(43)25(14)29)37-35-19-9-2-15(12-22(19)62(52,53)54)33-38-27-28(32(45)46)39-40(31(27)44)16-3-6-18(7-4-16)61(49,50)51;;;;;;/h1-7,9-13,42-44H,(H,45,46)(H,49,50,51)(H,52,53,54)(H,55,56,57)(H,58,59,60);;;;;;/q-1;6*+1/p-5. The van der Waals surface area contributed by atoms with Gasteiger partial charge in [-0.2, -0.15) is 37.3 Å². The van der Waals surface area contributed by atoms with Gasteiger partial charge in [0.25, 0.3) is 5.69 Å². The first-order valence-corrected chi connectivity index (χ1v) is 21.9. The van der Waals surface area contributed by atoms with Crippen molar-refractivity contribution < 1.29 is 195 Å². The van der Waals surface area contributed by atoms with Gasteiger partial charge in [-0.05, 0) is 53.9 Å². The molecule has 0 amide bonds. The third-order valence-corrected chi connectivity index (χ3v) is 11.6. The van der Waals surface area contributed by atoms with E-state index in [1.54, 1.807) is 0 Å².